The highest BCUT2D eigenvalue weighted by Crippen LogP contribution is 2.11. The molecule has 0 aliphatic carbocycles. The second-order valence-electron chi connectivity index (χ2n) is 2.57. The van der Waals surface area contributed by atoms with Crippen LogP contribution in [0.5, 0.6) is 0 Å². The Morgan fingerprint density at radius 3 is 1.73 bits per heavy atom. The molecule has 0 spiro atoms. The number of hydrogen-bond donors (Lipinski definition) is 1. The second-order valence-corrected chi connectivity index (χ2v) is 2.57. The Bertz CT molecular complexity index is 167. The number of hydrogen-bond acceptors (Lipinski definition) is 1. The van der Waals surface area contributed by atoms with Crippen molar-refractivity contribution in [2.75, 3.05) is 7.11 Å². The molecule has 0 unspecified atom stereocenters. The van der Waals surface area contributed by atoms with E-state index in [0.29, 0.717) is 5.92 Å². The van der Waals surface area contributed by atoms with Crippen LogP contribution in [0, 0.1) is 0 Å². The van der Waals surface area contributed by atoms with Gasteiger partial charge in [0.1, 0.15) is 0 Å². The van der Waals surface area contributed by atoms with Crippen molar-refractivity contribution >= 4 is 0 Å². The third-order valence-electron chi connectivity index (χ3n) is 1.47. The van der Waals surface area contributed by atoms with Crippen molar-refractivity contribution in [3.8, 4) is 0 Å². The monoisotopic (exact) mass is 152 g/mol. The first-order chi connectivity index (χ1) is 5.30. The summed E-state index contributed by atoms with van der Waals surface area (Å²) in [7, 11) is 1.00. The molecule has 0 saturated carbocycles. The minimum atomic E-state index is 0.659. The summed E-state index contributed by atoms with van der Waals surface area (Å²) in [5.41, 5.74) is 1.41. The maximum Gasteiger partial charge on any atom is 0.0319 e. The van der Waals surface area contributed by atoms with Gasteiger partial charge in [0.2, 0.25) is 0 Å². The normalized spacial score (nSPS) is 8.82. The van der Waals surface area contributed by atoms with Crippen molar-refractivity contribution in [2.24, 2.45) is 0 Å². The van der Waals surface area contributed by atoms with Gasteiger partial charge in [0.15, 0.2) is 0 Å². The molecule has 0 aromatic heterocycles. The lowest BCUT2D eigenvalue weighted by Gasteiger charge is -2.01. The van der Waals surface area contributed by atoms with Gasteiger partial charge in [-0.15, -0.1) is 0 Å². The summed E-state index contributed by atoms with van der Waals surface area (Å²) in [6, 6.07) is 10.5. The lowest BCUT2D eigenvalue weighted by Crippen LogP contribution is -1.83. The molecule has 0 saturated heterocycles. The first kappa shape index (κ1) is 10.2. The van der Waals surface area contributed by atoms with Gasteiger partial charge in [-0.05, 0) is 11.5 Å². The summed E-state index contributed by atoms with van der Waals surface area (Å²) in [5.74, 6) is 0.659. The average molecular weight is 152 g/mol. The molecule has 0 aliphatic rings. The van der Waals surface area contributed by atoms with Crippen molar-refractivity contribution in [1.29, 1.82) is 0 Å². The Kier molecular flexibility index (Phi) is 5.49. The van der Waals surface area contributed by atoms with Crippen LogP contribution < -0.4 is 0 Å². The molecule has 11 heavy (non-hydrogen) atoms. The van der Waals surface area contributed by atoms with Crippen LogP contribution in [-0.4, -0.2) is 12.2 Å². The van der Waals surface area contributed by atoms with Crippen molar-refractivity contribution in [1.82, 2.24) is 0 Å². The number of aliphatic hydroxyl groups excluding tert-OH is 1. The highest BCUT2D eigenvalue weighted by atomic mass is 16.2. The minimum absolute atomic E-state index is 0.659. The van der Waals surface area contributed by atoms with Crippen LogP contribution in [0.1, 0.15) is 25.3 Å². The zero-order valence-corrected chi connectivity index (χ0v) is 7.41. The van der Waals surface area contributed by atoms with Crippen LogP contribution in [-0.2, 0) is 0 Å². The first-order valence-electron chi connectivity index (χ1n) is 3.80. The van der Waals surface area contributed by atoms with E-state index in [-0.39, 0.29) is 0 Å². The highest BCUT2D eigenvalue weighted by molar-refractivity contribution is 5.17. The maximum atomic E-state index is 7.00. The van der Waals surface area contributed by atoms with Crippen molar-refractivity contribution < 1.29 is 5.11 Å². The summed E-state index contributed by atoms with van der Waals surface area (Å²) in [6.07, 6.45) is 0. The molecule has 1 aromatic rings. The molecule has 0 atom stereocenters. The van der Waals surface area contributed by atoms with E-state index >= 15 is 0 Å². The zero-order valence-electron chi connectivity index (χ0n) is 7.41. The lowest BCUT2D eigenvalue weighted by atomic mass is 10.0. The Balaban J connectivity index is 0.000000461. The fourth-order valence-corrected chi connectivity index (χ4v) is 0.838. The Labute approximate surface area is 68.7 Å². The molecule has 1 aromatic carbocycles. The zero-order chi connectivity index (χ0) is 8.69. The van der Waals surface area contributed by atoms with E-state index in [4.69, 9.17) is 5.11 Å². The van der Waals surface area contributed by atoms with E-state index in [1.807, 2.05) is 6.07 Å². The molecular weight excluding hydrogens is 136 g/mol. The third kappa shape index (κ3) is 3.79. The van der Waals surface area contributed by atoms with Gasteiger partial charge in [-0.25, -0.2) is 0 Å². The first-order valence-corrected chi connectivity index (χ1v) is 3.80. The molecule has 0 fully saturated rings. The van der Waals surface area contributed by atoms with Gasteiger partial charge in [0.25, 0.3) is 0 Å². The maximum absolute atomic E-state index is 7.00. The second kappa shape index (κ2) is 5.93. The smallest absolute Gasteiger partial charge is 0.0319 e. The molecule has 0 radical (unpaired) electrons. The third-order valence-corrected chi connectivity index (χ3v) is 1.47. The molecule has 62 valence electrons. The van der Waals surface area contributed by atoms with Crippen LogP contribution in [0.15, 0.2) is 30.3 Å². The summed E-state index contributed by atoms with van der Waals surface area (Å²) in [5, 5.41) is 7.00. The van der Waals surface area contributed by atoms with Gasteiger partial charge in [-0.1, -0.05) is 44.2 Å². The van der Waals surface area contributed by atoms with E-state index in [9.17, 15) is 0 Å². The number of aliphatic hydroxyl groups is 1. The summed E-state index contributed by atoms with van der Waals surface area (Å²) >= 11 is 0. The van der Waals surface area contributed by atoms with Gasteiger partial charge in [0.05, 0.1) is 0 Å². The molecule has 0 amide bonds. The van der Waals surface area contributed by atoms with Gasteiger partial charge in [-0.3, -0.25) is 0 Å². The molecule has 0 heterocycles. The van der Waals surface area contributed by atoms with E-state index in [2.05, 4.69) is 38.1 Å². The fraction of sp³-hybridized carbons (Fsp3) is 0.400. The van der Waals surface area contributed by atoms with Crippen molar-refractivity contribution in [3.63, 3.8) is 0 Å². The van der Waals surface area contributed by atoms with Crippen molar-refractivity contribution in [3.05, 3.63) is 35.9 Å². The topological polar surface area (TPSA) is 20.2 Å². The molecule has 1 N–H and O–H groups in total. The van der Waals surface area contributed by atoms with E-state index in [0.717, 1.165) is 7.11 Å². The van der Waals surface area contributed by atoms with Crippen LogP contribution in [0.2, 0.25) is 0 Å². The van der Waals surface area contributed by atoms with Gasteiger partial charge < -0.3 is 5.11 Å². The summed E-state index contributed by atoms with van der Waals surface area (Å²) < 4.78 is 0. The minimum Gasteiger partial charge on any atom is -0.400 e. The van der Waals surface area contributed by atoms with Crippen molar-refractivity contribution in [2.45, 2.75) is 19.8 Å². The van der Waals surface area contributed by atoms with Gasteiger partial charge >= 0.3 is 0 Å². The van der Waals surface area contributed by atoms with Gasteiger partial charge in [-0.2, -0.15) is 0 Å². The predicted octanol–water partition coefficient (Wildman–Crippen LogP) is 2.42. The SMILES string of the molecule is CC(C)c1ccccc1.CO. The molecule has 1 heteroatoms. The molecule has 0 bridgehead atoms. The Hall–Kier alpha value is -0.820. The summed E-state index contributed by atoms with van der Waals surface area (Å²) in [6.45, 7) is 4.41. The largest absolute Gasteiger partial charge is 0.400 e. The molecule has 1 nitrogen and oxygen atoms in total. The van der Waals surface area contributed by atoms with E-state index in [1.54, 1.807) is 0 Å². The summed E-state index contributed by atoms with van der Waals surface area (Å²) in [4.78, 5) is 0. The predicted molar refractivity (Wildman–Crippen MR) is 48.7 cm³/mol. The standard InChI is InChI=1S/C9H12.CH4O/c1-8(2)9-6-4-3-5-7-9;1-2/h3-8H,1-2H3;2H,1H3. The highest BCUT2D eigenvalue weighted by Gasteiger charge is 1.93. The van der Waals surface area contributed by atoms with Crippen LogP contribution in [0.3, 0.4) is 0 Å². The number of rotatable bonds is 1. The van der Waals surface area contributed by atoms with Crippen LogP contribution in [0.4, 0.5) is 0 Å². The fourth-order valence-electron chi connectivity index (χ4n) is 0.838. The van der Waals surface area contributed by atoms with E-state index in [1.165, 1.54) is 5.56 Å². The molecular formula is C10H16O. The molecule has 0 aliphatic heterocycles. The quantitative estimate of drug-likeness (QED) is 0.655. The Morgan fingerprint density at radius 2 is 1.45 bits per heavy atom. The van der Waals surface area contributed by atoms with Crippen LogP contribution in [0.25, 0.3) is 0 Å². The molecule has 1 rings (SSSR count). The van der Waals surface area contributed by atoms with Gasteiger partial charge in [0, 0.05) is 7.11 Å². The van der Waals surface area contributed by atoms with Crippen LogP contribution >= 0.6 is 0 Å². The number of benzene rings is 1. The lowest BCUT2D eigenvalue weighted by molar-refractivity contribution is 0.399. The van der Waals surface area contributed by atoms with E-state index < -0.39 is 0 Å². The Morgan fingerprint density at radius 1 is 1.00 bits per heavy atom. The average Bonchev–Trinajstić information content (AvgIpc) is 2.10.